The van der Waals surface area contributed by atoms with E-state index in [0.29, 0.717) is 13.2 Å². The topological polar surface area (TPSA) is 33.7 Å². The second-order valence-corrected chi connectivity index (χ2v) is 8.45. The summed E-state index contributed by atoms with van der Waals surface area (Å²) < 4.78 is 12.5. The quantitative estimate of drug-likeness (QED) is 0.435. The van der Waals surface area contributed by atoms with Crippen LogP contribution in [0.1, 0.15) is 11.1 Å². The number of anilines is 2. The lowest BCUT2D eigenvalue weighted by molar-refractivity contribution is 0.122. The van der Waals surface area contributed by atoms with Crippen molar-refractivity contribution in [2.24, 2.45) is 0 Å². The molecule has 0 aliphatic carbocycles. The molecule has 0 aromatic heterocycles. The molecule has 0 saturated carbocycles. The van der Waals surface area contributed by atoms with Crippen molar-refractivity contribution in [3.05, 3.63) is 87.4 Å². The van der Waals surface area contributed by atoms with Crippen molar-refractivity contribution in [1.82, 2.24) is 0 Å². The van der Waals surface area contributed by atoms with Gasteiger partial charge in [0.2, 0.25) is 0 Å². The van der Waals surface area contributed by atoms with E-state index >= 15 is 0 Å². The summed E-state index contributed by atoms with van der Waals surface area (Å²) in [6.45, 7) is 4.56. The first kappa shape index (κ1) is 21.0. The summed E-state index contributed by atoms with van der Waals surface area (Å²) >= 11 is 9.82. The highest BCUT2D eigenvalue weighted by Gasteiger charge is 2.11. The smallest absolute Gasteiger partial charge is 0.124 e. The number of halogens is 2. The van der Waals surface area contributed by atoms with Crippen molar-refractivity contribution in [2.75, 3.05) is 36.5 Å². The van der Waals surface area contributed by atoms with Gasteiger partial charge in [-0.05, 0) is 48.5 Å². The lowest BCUT2D eigenvalue weighted by atomic mass is 10.2. The average Bonchev–Trinajstić information content (AvgIpc) is 2.79. The predicted molar refractivity (Wildman–Crippen MR) is 127 cm³/mol. The summed E-state index contributed by atoms with van der Waals surface area (Å²) in [6.07, 6.45) is 0. The molecule has 1 heterocycles. The van der Waals surface area contributed by atoms with Crippen molar-refractivity contribution >= 4 is 38.9 Å². The number of nitrogens with one attached hydrogen (secondary N) is 1. The highest BCUT2D eigenvalue weighted by Crippen LogP contribution is 2.27. The Balaban J connectivity index is 1.40. The number of nitrogens with zero attached hydrogens (tertiary/aromatic N) is 1. The maximum Gasteiger partial charge on any atom is 0.124 e. The third kappa shape index (κ3) is 5.48. The minimum Gasteiger partial charge on any atom is -0.488 e. The molecule has 1 aliphatic rings. The van der Waals surface area contributed by atoms with Gasteiger partial charge in [-0.1, -0.05) is 45.7 Å². The minimum atomic E-state index is 0.433. The molecular weight excluding hydrogens is 464 g/mol. The predicted octanol–water partition coefficient (Wildman–Crippen LogP) is 6.13. The first-order valence-electron chi connectivity index (χ1n) is 10.0. The molecule has 0 radical (unpaired) electrons. The van der Waals surface area contributed by atoms with E-state index < -0.39 is 0 Å². The summed E-state index contributed by atoms with van der Waals surface area (Å²) in [5.41, 5.74) is 4.35. The van der Waals surface area contributed by atoms with Crippen LogP contribution in [0, 0.1) is 0 Å². The molecule has 1 N–H and O–H groups in total. The Bertz CT molecular complexity index is 975. The Morgan fingerprint density at radius 1 is 0.967 bits per heavy atom. The zero-order valence-corrected chi connectivity index (χ0v) is 19.0. The van der Waals surface area contributed by atoms with E-state index in [1.165, 1.54) is 5.69 Å². The Kier molecular flexibility index (Phi) is 7.16. The van der Waals surface area contributed by atoms with Crippen LogP contribution in [-0.4, -0.2) is 26.3 Å². The van der Waals surface area contributed by atoms with Gasteiger partial charge in [0.1, 0.15) is 12.4 Å². The van der Waals surface area contributed by atoms with Crippen LogP contribution in [0.3, 0.4) is 0 Å². The third-order valence-corrected chi connectivity index (χ3v) is 5.95. The SMILES string of the molecule is Clc1ccccc1COc1ccc(Br)cc1CNc1ccc(N2CCOCC2)cc1. The van der Waals surface area contributed by atoms with E-state index in [-0.39, 0.29) is 0 Å². The number of ether oxygens (including phenoxy) is 2. The van der Waals surface area contributed by atoms with Crippen molar-refractivity contribution in [1.29, 1.82) is 0 Å². The van der Waals surface area contributed by atoms with Crippen LogP contribution < -0.4 is 15.0 Å². The van der Waals surface area contributed by atoms with Crippen molar-refractivity contribution in [3.8, 4) is 5.75 Å². The Morgan fingerprint density at radius 2 is 1.73 bits per heavy atom. The van der Waals surface area contributed by atoms with E-state index in [9.17, 15) is 0 Å². The van der Waals surface area contributed by atoms with E-state index in [1.54, 1.807) is 0 Å². The van der Waals surface area contributed by atoms with Crippen molar-refractivity contribution < 1.29 is 9.47 Å². The van der Waals surface area contributed by atoms with Crippen molar-refractivity contribution in [3.63, 3.8) is 0 Å². The van der Waals surface area contributed by atoms with Crippen LogP contribution in [0.4, 0.5) is 11.4 Å². The number of hydrogen-bond acceptors (Lipinski definition) is 4. The molecule has 0 spiro atoms. The molecule has 156 valence electrons. The van der Waals surface area contributed by atoms with Gasteiger partial charge in [0, 0.05) is 51.6 Å². The standard InChI is InChI=1S/C24H24BrClN2O2/c25-20-5-10-24(30-17-18-3-1-2-4-23(18)26)19(15-20)16-27-21-6-8-22(9-7-21)28-11-13-29-14-12-28/h1-10,15,27H,11-14,16-17H2. The van der Waals surface area contributed by atoms with Crippen LogP contribution in [0.2, 0.25) is 5.02 Å². The second-order valence-electron chi connectivity index (χ2n) is 7.13. The van der Waals surface area contributed by atoms with Crippen LogP contribution in [-0.2, 0) is 17.9 Å². The lowest BCUT2D eigenvalue weighted by Gasteiger charge is -2.29. The van der Waals surface area contributed by atoms with Crippen LogP contribution >= 0.6 is 27.5 Å². The maximum absolute atomic E-state index is 6.26. The van der Waals surface area contributed by atoms with E-state index in [4.69, 9.17) is 21.1 Å². The lowest BCUT2D eigenvalue weighted by Crippen LogP contribution is -2.36. The zero-order chi connectivity index (χ0) is 20.8. The summed E-state index contributed by atoms with van der Waals surface area (Å²) in [5.74, 6) is 0.843. The highest BCUT2D eigenvalue weighted by atomic mass is 79.9. The molecule has 6 heteroatoms. The molecule has 3 aromatic rings. The Labute approximate surface area is 190 Å². The number of morpholine rings is 1. The number of benzene rings is 3. The molecule has 3 aromatic carbocycles. The molecule has 0 unspecified atom stereocenters. The monoisotopic (exact) mass is 486 g/mol. The molecule has 0 bridgehead atoms. The second kappa shape index (κ2) is 10.2. The first-order valence-corrected chi connectivity index (χ1v) is 11.2. The third-order valence-electron chi connectivity index (χ3n) is 5.09. The van der Waals surface area contributed by atoms with Gasteiger partial charge in [0.05, 0.1) is 13.2 Å². The van der Waals surface area contributed by atoms with Crippen LogP contribution in [0.15, 0.2) is 71.2 Å². The highest BCUT2D eigenvalue weighted by molar-refractivity contribution is 9.10. The van der Waals surface area contributed by atoms with Gasteiger partial charge >= 0.3 is 0 Å². The molecule has 1 aliphatic heterocycles. The van der Waals surface area contributed by atoms with Gasteiger partial charge in [-0.2, -0.15) is 0 Å². The first-order chi connectivity index (χ1) is 14.7. The molecule has 0 amide bonds. The molecule has 4 rings (SSSR count). The fraction of sp³-hybridized carbons (Fsp3) is 0.250. The van der Waals surface area contributed by atoms with Gasteiger partial charge in [0.25, 0.3) is 0 Å². The Hall–Kier alpha value is -2.21. The number of rotatable bonds is 7. The molecular formula is C24H24BrClN2O2. The fourth-order valence-corrected chi connectivity index (χ4v) is 4.01. The maximum atomic E-state index is 6.26. The van der Waals surface area contributed by atoms with Crippen LogP contribution in [0.25, 0.3) is 0 Å². The number of hydrogen-bond donors (Lipinski definition) is 1. The Morgan fingerprint density at radius 3 is 2.50 bits per heavy atom. The fourth-order valence-electron chi connectivity index (χ4n) is 3.41. The van der Waals surface area contributed by atoms with Crippen molar-refractivity contribution in [2.45, 2.75) is 13.2 Å². The van der Waals surface area contributed by atoms with Gasteiger partial charge < -0.3 is 19.7 Å². The molecule has 0 atom stereocenters. The largest absolute Gasteiger partial charge is 0.488 e. The normalized spacial score (nSPS) is 13.9. The summed E-state index contributed by atoms with van der Waals surface area (Å²) in [5, 5.41) is 4.22. The van der Waals surface area contributed by atoms with Gasteiger partial charge in [-0.15, -0.1) is 0 Å². The summed E-state index contributed by atoms with van der Waals surface area (Å²) in [7, 11) is 0. The minimum absolute atomic E-state index is 0.433. The van der Waals surface area contributed by atoms with E-state index in [2.05, 4.69) is 56.5 Å². The van der Waals surface area contributed by atoms with E-state index in [0.717, 1.165) is 58.4 Å². The molecule has 30 heavy (non-hydrogen) atoms. The van der Waals surface area contributed by atoms with E-state index in [1.807, 2.05) is 36.4 Å². The summed E-state index contributed by atoms with van der Waals surface area (Å²) in [4.78, 5) is 2.35. The summed E-state index contributed by atoms with van der Waals surface area (Å²) in [6, 6.07) is 22.4. The molecule has 1 fully saturated rings. The van der Waals surface area contributed by atoms with Gasteiger partial charge in [-0.3, -0.25) is 0 Å². The van der Waals surface area contributed by atoms with Gasteiger partial charge in [0.15, 0.2) is 0 Å². The zero-order valence-electron chi connectivity index (χ0n) is 16.6. The van der Waals surface area contributed by atoms with Gasteiger partial charge in [-0.25, -0.2) is 0 Å². The molecule has 4 nitrogen and oxygen atoms in total. The average molecular weight is 488 g/mol. The molecule has 1 saturated heterocycles. The van der Waals surface area contributed by atoms with Crippen LogP contribution in [0.5, 0.6) is 5.75 Å².